The van der Waals surface area contributed by atoms with Crippen LogP contribution in [0.1, 0.15) is 22.7 Å². The van der Waals surface area contributed by atoms with Gasteiger partial charge in [0, 0.05) is 17.8 Å². The zero-order valence-corrected chi connectivity index (χ0v) is 17.7. The van der Waals surface area contributed by atoms with Crippen LogP contribution in [0.5, 0.6) is 0 Å². The summed E-state index contributed by atoms with van der Waals surface area (Å²) in [5.74, 6) is -1.87. The predicted octanol–water partition coefficient (Wildman–Crippen LogP) is 5.09. The third kappa shape index (κ3) is 4.29. The second-order valence-electron chi connectivity index (χ2n) is 7.63. The zero-order chi connectivity index (χ0) is 23.5. The van der Waals surface area contributed by atoms with Crippen molar-refractivity contribution in [1.82, 2.24) is 0 Å². The summed E-state index contributed by atoms with van der Waals surface area (Å²) < 4.78 is 0. The van der Waals surface area contributed by atoms with E-state index in [1.807, 2.05) is 49.4 Å². The number of hydrogen-bond donors (Lipinski definition) is 1. The van der Waals surface area contributed by atoms with Gasteiger partial charge in [-0.25, -0.2) is 0 Å². The third-order valence-electron chi connectivity index (χ3n) is 5.43. The SMILES string of the molecule is Cc1ccc(N2C(=O)C(O)=C(C(=O)/C=C/c3ccccc3)[C@H]2c2ccc([N+](=O)[O-])cc2)cc1. The number of nitro benzene ring substituents is 1. The van der Waals surface area contributed by atoms with E-state index in [0.717, 1.165) is 11.1 Å². The largest absolute Gasteiger partial charge is 0.503 e. The first-order valence-corrected chi connectivity index (χ1v) is 10.2. The Hall–Kier alpha value is -4.52. The van der Waals surface area contributed by atoms with Crippen LogP contribution in [0.3, 0.4) is 0 Å². The van der Waals surface area contributed by atoms with Gasteiger partial charge in [-0.1, -0.05) is 54.1 Å². The number of ketones is 1. The summed E-state index contributed by atoms with van der Waals surface area (Å²) in [7, 11) is 0. The van der Waals surface area contributed by atoms with E-state index in [0.29, 0.717) is 11.3 Å². The fourth-order valence-corrected chi connectivity index (χ4v) is 3.75. The van der Waals surface area contributed by atoms with Gasteiger partial charge in [0.2, 0.25) is 0 Å². The molecular formula is C26H20N2O5. The van der Waals surface area contributed by atoms with E-state index in [-0.39, 0.29) is 11.3 Å². The van der Waals surface area contributed by atoms with Gasteiger partial charge >= 0.3 is 0 Å². The number of aliphatic hydroxyl groups is 1. The molecule has 0 aromatic heterocycles. The molecule has 7 heteroatoms. The highest BCUT2D eigenvalue weighted by Crippen LogP contribution is 2.41. The molecule has 0 unspecified atom stereocenters. The van der Waals surface area contributed by atoms with Gasteiger partial charge in [-0.2, -0.15) is 0 Å². The molecule has 0 spiro atoms. The summed E-state index contributed by atoms with van der Waals surface area (Å²) in [4.78, 5) is 38.1. The lowest BCUT2D eigenvalue weighted by Gasteiger charge is -2.26. The topological polar surface area (TPSA) is 101 Å². The minimum Gasteiger partial charge on any atom is -0.503 e. The lowest BCUT2D eigenvalue weighted by atomic mass is 9.95. The van der Waals surface area contributed by atoms with Crippen LogP contribution in [0.2, 0.25) is 0 Å². The number of carbonyl (C=O) groups excluding carboxylic acids is 2. The van der Waals surface area contributed by atoms with Crippen LogP contribution in [0.25, 0.3) is 6.08 Å². The molecule has 1 amide bonds. The van der Waals surface area contributed by atoms with Crippen LogP contribution in [-0.2, 0) is 9.59 Å². The summed E-state index contributed by atoms with van der Waals surface area (Å²) in [5, 5.41) is 21.8. The zero-order valence-electron chi connectivity index (χ0n) is 17.7. The van der Waals surface area contributed by atoms with Gasteiger partial charge in [-0.3, -0.25) is 24.6 Å². The molecule has 1 aliphatic heterocycles. The molecule has 0 radical (unpaired) electrons. The maximum atomic E-state index is 13.2. The number of carbonyl (C=O) groups is 2. The Bertz CT molecular complexity index is 1280. The highest BCUT2D eigenvalue weighted by Gasteiger charge is 2.43. The minimum atomic E-state index is -0.936. The van der Waals surface area contributed by atoms with E-state index in [4.69, 9.17) is 0 Å². The smallest absolute Gasteiger partial charge is 0.294 e. The van der Waals surface area contributed by atoms with Crippen LogP contribution in [0.4, 0.5) is 11.4 Å². The Kier molecular flexibility index (Phi) is 5.87. The molecule has 0 aliphatic carbocycles. The van der Waals surface area contributed by atoms with Crippen LogP contribution < -0.4 is 4.90 Å². The van der Waals surface area contributed by atoms with Gasteiger partial charge in [0.15, 0.2) is 11.5 Å². The van der Waals surface area contributed by atoms with Crippen molar-refractivity contribution in [2.45, 2.75) is 13.0 Å². The molecule has 1 aliphatic rings. The van der Waals surface area contributed by atoms with E-state index in [9.17, 15) is 24.8 Å². The molecule has 0 bridgehead atoms. The maximum Gasteiger partial charge on any atom is 0.294 e. The van der Waals surface area contributed by atoms with Crippen LogP contribution in [0, 0.1) is 17.0 Å². The Labute approximate surface area is 190 Å². The van der Waals surface area contributed by atoms with Gasteiger partial charge in [0.25, 0.3) is 11.6 Å². The monoisotopic (exact) mass is 440 g/mol. The Morgan fingerprint density at radius 1 is 1.00 bits per heavy atom. The van der Waals surface area contributed by atoms with Gasteiger partial charge in [-0.15, -0.1) is 0 Å². The van der Waals surface area contributed by atoms with Crippen molar-refractivity contribution in [2.24, 2.45) is 0 Å². The summed E-state index contributed by atoms with van der Waals surface area (Å²) >= 11 is 0. The molecule has 0 fully saturated rings. The van der Waals surface area contributed by atoms with Gasteiger partial charge in [-0.05, 0) is 48.4 Å². The Morgan fingerprint density at radius 3 is 2.24 bits per heavy atom. The second kappa shape index (κ2) is 8.92. The van der Waals surface area contributed by atoms with Crippen molar-refractivity contribution < 1.29 is 19.6 Å². The number of aliphatic hydroxyl groups excluding tert-OH is 1. The molecule has 3 aromatic carbocycles. The number of rotatable bonds is 6. The quantitative estimate of drug-likeness (QED) is 0.327. The number of hydrogen-bond acceptors (Lipinski definition) is 5. The van der Waals surface area contributed by atoms with Crippen molar-refractivity contribution in [1.29, 1.82) is 0 Å². The second-order valence-corrected chi connectivity index (χ2v) is 7.63. The fraction of sp³-hybridized carbons (Fsp3) is 0.0769. The van der Waals surface area contributed by atoms with E-state index in [1.54, 1.807) is 18.2 Å². The molecule has 164 valence electrons. The molecule has 7 nitrogen and oxygen atoms in total. The predicted molar refractivity (Wildman–Crippen MR) is 125 cm³/mol. The molecule has 0 saturated heterocycles. The fourth-order valence-electron chi connectivity index (χ4n) is 3.75. The molecule has 33 heavy (non-hydrogen) atoms. The molecule has 1 N–H and O–H groups in total. The number of anilines is 1. The summed E-state index contributed by atoms with van der Waals surface area (Å²) in [5.41, 5.74) is 2.54. The standard InChI is InChI=1S/C26H20N2O5/c1-17-7-12-20(13-8-17)27-24(19-10-14-21(15-11-19)28(32)33)23(25(30)26(27)31)22(29)16-9-18-5-3-2-4-6-18/h2-16,24,30H,1H3/b16-9+/t24-/m1/s1. The van der Waals surface area contributed by atoms with E-state index in [2.05, 4.69) is 0 Å². The highest BCUT2D eigenvalue weighted by atomic mass is 16.6. The lowest BCUT2D eigenvalue weighted by molar-refractivity contribution is -0.384. The third-order valence-corrected chi connectivity index (χ3v) is 5.43. The van der Waals surface area contributed by atoms with Crippen molar-refractivity contribution in [2.75, 3.05) is 4.90 Å². The van der Waals surface area contributed by atoms with Crippen molar-refractivity contribution in [3.63, 3.8) is 0 Å². The number of aryl methyl sites for hydroxylation is 1. The van der Waals surface area contributed by atoms with Crippen molar-refractivity contribution >= 4 is 29.1 Å². The minimum absolute atomic E-state index is 0.0818. The highest BCUT2D eigenvalue weighted by molar-refractivity contribution is 6.19. The molecule has 1 atom stereocenters. The van der Waals surface area contributed by atoms with E-state index < -0.39 is 28.4 Å². The first kappa shape index (κ1) is 21.7. The average Bonchev–Trinajstić information content (AvgIpc) is 3.09. The summed E-state index contributed by atoms with van der Waals surface area (Å²) in [6, 6.07) is 20.9. The van der Waals surface area contributed by atoms with E-state index in [1.165, 1.54) is 35.2 Å². The number of nitrogens with zero attached hydrogens (tertiary/aromatic N) is 2. The number of benzene rings is 3. The normalized spacial score (nSPS) is 16.0. The molecule has 3 aromatic rings. The van der Waals surface area contributed by atoms with Crippen LogP contribution >= 0.6 is 0 Å². The molecule has 1 heterocycles. The number of amides is 1. The van der Waals surface area contributed by atoms with Crippen molar-refractivity contribution in [3.05, 3.63) is 123 Å². The Morgan fingerprint density at radius 2 is 1.64 bits per heavy atom. The number of allylic oxidation sites excluding steroid dienone is 1. The van der Waals surface area contributed by atoms with Gasteiger partial charge in [0.05, 0.1) is 16.5 Å². The average molecular weight is 440 g/mol. The van der Waals surface area contributed by atoms with Crippen LogP contribution in [0.15, 0.2) is 96.3 Å². The molecule has 0 saturated carbocycles. The Balaban J connectivity index is 1.79. The number of non-ortho nitro benzene ring substituents is 1. The number of nitro groups is 1. The molecule has 4 rings (SSSR count). The summed E-state index contributed by atoms with van der Waals surface area (Å²) in [6.07, 6.45) is 2.92. The van der Waals surface area contributed by atoms with Crippen molar-refractivity contribution in [3.8, 4) is 0 Å². The summed E-state index contributed by atoms with van der Waals surface area (Å²) in [6.45, 7) is 1.91. The lowest BCUT2D eigenvalue weighted by Crippen LogP contribution is -2.30. The first-order chi connectivity index (χ1) is 15.9. The molecular weight excluding hydrogens is 420 g/mol. The first-order valence-electron chi connectivity index (χ1n) is 10.2. The van der Waals surface area contributed by atoms with Gasteiger partial charge in [0.1, 0.15) is 0 Å². The van der Waals surface area contributed by atoms with Gasteiger partial charge < -0.3 is 5.11 Å². The maximum absolute atomic E-state index is 13.2. The van der Waals surface area contributed by atoms with E-state index >= 15 is 0 Å². The van der Waals surface area contributed by atoms with Crippen LogP contribution in [-0.4, -0.2) is 21.7 Å².